The monoisotopic (exact) mass is 425 g/mol. The minimum Gasteiger partial charge on any atom is -0.505 e. The van der Waals surface area contributed by atoms with Crippen LogP contribution >= 0.6 is 0 Å². The maximum atomic E-state index is 13.2. The van der Waals surface area contributed by atoms with Crippen LogP contribution in [-0.4, -0.2) is 38.3 Å². The van der Waals surface area contributed by atoms with Gasteiger partial charge in [-0.3, -0.25) is 14.6 Å². The highest BCUT2D eigenvalue weighted by atomic mass is 19.1. The van der Waals surface area contributed by atoms with Crippen LogP contribution in [0, 0.1) is 11.7 Å². The van der Waals surface area contributed by atoms with E-state index in [-0.39, 0.29) is 23.4 Å². The number of halogens is 1. The lowest BCUT2D eigenvalue weighted by molar-refractivity contribution is 0.0919. The molecule has 0 saturated heterocycles. The SMILES string of the molecule is CC(O)CNC(=O)c1c(O)c2ncc(Cc3ccc(F)cc3)cc2n(CC2CC2)c1=O. The molecule has 1 unspecified atom stereocenters. The first-order valence-corrected chi connectivity index (χ1v) is 10.3. The lowest BCUT2D eigenvalue weighted by Crippen LogP contribution is -2.36. The molecular weight excluding hydrogens is 401 g/mol. The smallest absolute Gasteiger partial charge is 0.267 e. The van der Waals surface area contributed by atoms with Crippen molar-refractivity contribution >= 4 is 16.9 Å². The summed E-state index contributed by atoms with van der Waals surface area (Å²) >= 11 is 0. The van der Waals surface area contributed by atoms with Crippen molar-refractivity contribution in [2.24, 2.45) is 5.92 Å². The number of fused-ring (bicyclic) bond motifs is 1. The van der Waals surface area contributed by atoms with E-state index in [9.17, 15) is 24.2 Å². The van der Waals surface area contributed by atoms with Crippen LogP contribution in [0.2, 0.25) is 0 Å². The van der Waals surface area contributed by atoms with Crippen molar-refractivity contribution in [3.8, 4) is 5.75 Å². The lowest BCUT2D eigenvalue weighted by Gasteiger charge is -2.15. The number of pyridine rings is 2. The summed E-state index contributed by atoms with van der Waals surface area (Å²) in [6.07, 6.45) is 3.28. The van der Waals surface area contributed by atoms with Crippen molar-refractivity contribution in [1.82, 2.24) is 14.9 Å². The van der Waals surface area contributed by atoms with E-state index < -0.39 is 23.3 Å². The molecule has 1 aliphatic rings. The molecule has 1 fully saturated rings. The first-order valence-electron chi connectivity index (χ1n) is 10.3. The highest BCUT2D eigenvalue weighted by Crippen LogP contribution is 2.33. The van der Waals surface area contributed by atoms with Gasteiger partial charge in [0.05, 0.1) is 11.6 Å². The van der Waals surface area contributed by atoms with Gasteiger partial charge in [0.2, 0.25) is 0 Å². The number of hydrogen-bond donors (Lipinski definition) is 3. The number of aliphatic hydroxyl groups excluding tert-OH is 1. The zero-order valence-corrected chi connectivity index (χ0v) is 17.1. The van der Waals surface area contributed by atoms with Gasteiger partial charge in [-0.1, -0.05) is 12.1 Å². The van der Waals surface area contributed by atoms with Crippen molar-refractivity contribution < 1.29 is 19.4 Å². The Morgan fingerprint density at radius 2 is 2.00 bits per heavy atom. The molecule has 0 bridgehead atoms. The van der Waals surface area contributed by atoms with Gasteiger partial charge in [-0.2, -0.15) is 0 Å². The first-order chi connectivity index (χ1) is 14.8. The van der Waals surface area contributed by atoms with E-state index >= 15 is 0 Å². The molecule has 31 heavy (non-hydrogen) atoms. The summed E-state index contributed by atoms with van der Waals surface area (Å²) in [5.74, 6) is -1.18. The minimum absolute atomic E-state index is 0.0393. The molecule has 1 atom stereocenters. The second-order valence-corrected chi connectivity index (χ2v) is 8.16. The van der Waals surface area contributed by atoms with Crippen LogP contribution in [0.4, 0.5) is 4.39 Å². The third kappa shape index (κ3) is 4.59. The molecule has 0 spiro atoms. The van der Waals surface area contributed by atoms with Crippen molar-refractivity contribution in [3.63, 3.8) is 0 Å². The summed E-state index contributed by atoms with van der Waals surface area (Å²) in [6.45, 7) is 1.91. The van der Waals surface area contributed by atoms with Crippen LogP contribution in [-0.2, 0) is 13.0 Å². The number of aromatic hydroxyl groups is 1. The van der Waals surface area contributed by atoms with Crippen LogP contribution in [0.5, 0.6) is 5.75 Å². The Hall–Kier alpha value is -3.26. The average molecular weight is 425 g/mol. The molecule has 1 aliphatic carbocycles. The number of aromatic nitrogens is 2. The molecule has 1 amide bonds. The van der Waals surface area contributed by atoms with Gasteiger partial charge in [-0.25, -0.2) is 4.39 Å². The molecule has 1 aromatic carbocycles. The van der Waals surface area contributed by atoms with Crippen LogP contribution in [0.3, 0.4) is 0 Å². The van der Waals surface area contributed by atoms with Gasteiger partial charge in [-0.05, 0) is 61.4 Å². The number of carbonyl (C=O) groups is 1. The summed E-state index contributed by atoms with van der Waals surface area (Å²) in [6, 6.07) is 7.92. The van der Waals surface area contributed by atoms with Gasteiger partial charge >= 0.3 is 0 Å². The fraction of sp³-hybridized carbons (Fsp3) is 0.348. The molecule has 8 heteroatoms. The summed E-state index contributed by atoms with van der Waals surface area (Å²) in [4.78, 5) is 30.1. The van der Waals surface area contributed by atoms with Gasteiger partial charge in [-0.15, -0.1) is 0 Å². The molecule has 4 rings (SSSR count). The van der Waals surface area contributed by atoms with E-state index in [1.54, 1.807) is 24.4 Å². The number of hydrogen-bond acceptors (Lipinski definition) is 5. The summed E-state index contributed by atoms with van der Waals surface area (Å²) in [7, 11) is 0. The average Bonchev–Trinajstić information content (AvgIpc) is 3.55. The number of nitrogens with zero attached hydrogens (tertiary/aromatic N) is 2. The van der Waals surface area contributed by atoms with E-state index in [1.807, 2.05) is 0 Å². The number of benzene rings is 1. The Balaban J connectivity index is 1.78. The largest absolute Gasteiger partial charge is 0.505 e. The number of aliphatic hydroxyl groups is 1. The van der Waals surface area contributed by atoms with E-state index in [0.29, 0.717) is 24.4 Å². The van der Waals surface area contributed by atoms with E-state index in [2.05, 4.69) is 10.3 Å². The summed E-state index contributed by atoms with van der Waals surface area (Å²) in [5.41, 5.74) is 1.37. The molecule has 1 saturated carbocycles. The molecule has 0 radical (unpaired) electrons. The lowest BCUT2D eigenvalue weighted by atomic mass is 10.0. The van der Waals surface area contributed by atoms with Gasteiger partial charge in [0, 0.05) is 19.3 Å². The Morgan fingerprint density at radius 1 is 1.29 bits per heavy atom. The van der Waals surface area contributed by atoms with Gasteiger partial charge in [0.1, 0.15) is 16.9 Å². The fourth-order valence-electron chi connectivity index (χ4n) is 3.56. The molecule has 3 aromatic rings. The standard InChI is InChI=1S/C23H24FN3O4/c1-13(28)10-26-22(30)19-21(29)20-18(27(23(19)31)12-15-2-3-15)9-16(11-25-20)8-14-4-6-17(24)7-5-14/h4-7,9,11,13,15,28-29H,2-3,8,10,12H2,1H3,(H,26,30). The normalized spacial score (nSPS) is 14.5. The van der Waals surface area contributed by atoms with Crippen LogP contribution in [0.25, 0.3) is 11.0 Å². The van der Waals surface area contributed by atoms with Crippen LogP contribution in [0.15, 0.2) is 41.3 Å². The van der Waals surface area contributed by atoms with Crippen molar-refractivity contribution in [3.05, 3.63) is 69.4 Å². The summed E-state index contributed by atoms with van der Waals surface area (Å²) in [5, 5.41) is 22.6. The Morgan fingerprint density at radius 3 is 2.65 bits per heavy atom. The van der Waals surface area contributed by atoms with E-state index in [1.165, 1.54) is 23.6 Å². The third-order valence-electron chi connectivity index (χ3n) is 5.38. The second-order valence-electron chi connectivity index (χ2n) is 8.16. The van der Waals surface area contributed by atoms with Gasteiger partial charge in [0.15, 0.2) is 5.75 Å². The molecule has 7 nitrogen and oxygen atoms in total. The first kappa shape index (κ1) is 21.0. The van der Waals surface area contributed by atoms with Crippen molar-refractivity contribution in [2.75, 3.05) is 6.54 Å². The third-order valence-corrected chi connectivity index (χ3v) is 5.38. The maximum Gasteiger partial charge on any atom is 0.267 e. The Bertz CT molecular complexity index is 1180. The zero-order valence-electron chi connectivity index (χ0n) is 17.1. The Kier molecular flexibility index (Phi) is 5.73. The Labute approximate surface area is 178 Å². The molecule has 2 aromatic heterocycles. The molecule has 3 N–H and O–H groups in total. The molecule has 162 valence electrons. The number of rotatable bonds is 7. The molecular formula is C23H24FN3O4. The quantitative estimate of drug-likeness (QED) is 0.539. The van der Waals surface area contributed by atoms with Gasteiger partial charge in [0.25, 0.3) is 11.5 Å². The van der Waals surface area contributed by atoms with Gasteiger partial charge < -0.3 is 20.1 Å². The predicted octanol–water partition coefficient (Wildman–Crippen LogP) is 2.35. The number of nitrogens with one attached hydrogen (secondary N) is 1. The van der Waals surface area contributed by atoms with Crippen molar-refractivity contribution in [2.45, 2.75) is 38.8 Å². The number of amides is 1. The minimum atomic E-state index is -0.785. The van der Waals surface area contributed by atoms with Crippen LogP contribution in [0.1, 0.15) is 41.3 Å². The predicted molar refractivity (Wildman–Crippen MR) is 114 cm³/mol. The maximum absolute atomic E-state index is 13.2. The van der Waals surface area contributed by atoms with E-state index in [0.717, 1.165) is 24.0 Å². The highest BCUT2D eigenvalue weighted by molar-refractivity contribution is 6.01. The van der Waals surface area contributed by atoms with Crippen molar-refractivity contribution in [1.29, 1.82) is 0 Å². The topological polar surface area (TPSA) is 104 Å². The highest BCUT2D eigenvalue weighted by Gasteiger charge is 2.28. The van der Waals surface area contributed by atoms with E-state index in [4.69, 9.17) is 0 Å². The zero-order chi connectivity index (χ0) is 22.1. The number of carbonyl (C=O) groups excluding carboxylic acids is 1. The summed E-state index contributed by atoms with van der Waals surface area (Å²) < 4.78 is 14.7. The second kappa shape index (κ2) is 8.47. The molecule has 2 heterocycles. The molecule has 0 aliphatic heterocycles. The van der Waals surface area contributed by atoms with Crippen LogP contribution < -0.4 is 10.9 Å². The fourth-order valence-corrected chi connectivity index (χ4v) is 3.56.